The average molecular weight is 401 g/mol. The quantitative estimate of drug-likeness (QED) is 0.498. The van der Waals surface area contributed by atoms with Gasteiger partial charge in [0.1, 0.15) is 11.6 Å². The lowest BCUT2D eigenvalue weighted by Gasteiger charge is -2.09. The van der Waals surface area contributed by atoms with Crippen LogP contribution in [0.4, 0.5) is 4.79 Å². The monoisotopic (exact) mass is 401 g/mol. The van der Waals surface area contributed by atoms with Crippen molar-refractivity contribution >= 4 is 6.03 Å². The van der Waals surface area contributed by atoms with Gasteiger partial charge in [-0.15, -0.1) is 0 Å². The number of benzene rings is 1. The van der Waals surface area contributed by atoms with Crippen LogP contribution in [0.25, 0.3) is 11.5 Å². The molecular formula is C22H23N7O. The largest absolute Gasteiger partial charge is 0.338 e. The van der Waals surface area contributed by atoms with E-state index in [0.717, 1.165) is 28.5 Å². The predicted molar refractivity (Wildman–Crippen MR) is 114 cm³/mol. The van der Waals surface area contributed by atoms with Gasteiger partial charge in [-0.3, -0.25) is 4.57 Å². The number of pyridine rings is 1. The first kappa shape index (κ1) is 19.4. The summed E-state index contributed by atoms with van der Waals surface area (Å²) in [7, 11) is 0. The van der Waals surface area contributed by atoms with Crippen LogP contribution in [0.3, 0.4) is 0 Å². The molecule has 0 spiro atoms. The Bertz CT molecular complexity index is 1120. The molecule has 0 radical (unpaired) electrons. The number of nitrogens with zero attached hydrogens (tertiary/aromatic N) is 5. The highest BCUT2D eigenvalue weighted by Crippen LogP contribution is 2.10. The molecule has 0 saturated heterocycles. The minimum atomic E-state index is -0.206. The van der Waals surface area contributed by atoms with Crippen LogP contribution in [-0.2, 0) is 13.0 Å². The molecule has 3 aromatic heterocycles. The smallest absolute Gasteiger partial charge is 0.315 e. The number of hydrogen-bond donors (Lipinski definition) is 2. The summed E-state index contributed by atoms with van der Waals surface area (Å²) in [6.45, 7) is 2.87. The van der Waals surface area contributed by atoms with E-state index in [-0.39, 0.29) is 6.03 Å². The second-order valence-electron chi connectivity index (χ2n) is 6.85. The molecule has 0 saturated carbocycles. The lowest BCUT2D eigenvalue weighted by Crippen LogP contribution is -2.36. The molecular weight excluding hydrogens is 378 g/mol. The van der Waals surface area contributed by atoms with Crippen LogP contribution in [0.5, 0.6) is 0 Å². The van der Waals surface area contributed by atoms with Crippen molar-refractivity contribution in [1.29, 1.82) is 0 Å². The van der Waals surface area contributed by atoms with Crippen molar-refractivity contribution in [3.63, 3.8) is 0 Å². The zero-order chi connectivity index (χ0) is 20.8. The zero-order valence-corrected chi connectivity index (χ0v) is 16.7. The van der Waals surface area contributed by atoms with E-state index >= 15 is 0 Å². The molecule has 1 aromatic carbocycles. The summed E-state index contributed by atoms with van der Waals surface area (Å²) in [4.78, 5) is 20.7. The molecule has 8 nitrogen and oxygen atoms in total. The molecule has 0 aliphatic rings. The highest BCUT2D eigenvalue weighted by molar-refractivity contribution is 5.73. The number of hydrogen-bond acceptors (Lipinski definition) is 4. The van der Waals surface area contributed by atoms with Crippen LogP contribution < -0.4 is 10.6 Å². The first-order chi connectivity index (χ1) is 14.7. The van der Waals surface area contributed by atoms with Crippen molar-refractivity contribution in [2.75, 3.05) is 6.54 Å². The molecule has 0 aliphatic heterocycles. The molecule has 0 aliphatic carbocycles. The van der Waals surface area contributed by atoms with Gasteiger partial charge in [-0.25, -0.2) is 19.4 Å². The van der Waals surface area contributed by atoms with Crippen molar-refractivity contribution in [1.82, 2.24) is 34.9 Å². The van der Waals surface area contributed by atoms with Crippen LogP contribution in [0.1, 0.15) is 17.0 Å². The van der Waals surface area contributed by atoms with E-state index < -0.39 is 0 Å². The summed E-state index contributed by atoms with van der Waals surface area (Å²) < 4.78 is 3.73. The van der Waals surface area contributed by atoms with Gasteiger partial charge >= 0.3 is 6.03 Å². The van der Waals surface area contributed by atoms with Crippen molar-refractivity contribution in [3.8, 4) is 11.5 Å². The summed E-state index contributed by atoms with van der Waals surface area (Å²) in [6.07, 6.45) is 9.84. The standard InChI is InChI=1S/C22H23N7O/c1-17-23-11-12-28(17)21-13-18(7-9-24-21)14-26-22(30)25-10-8-19-15-27-29(16-19)20-5-3-2-4-6-20/h2-7,9,11-13,15-16H,8,10,14H2,1H3,(H2,25,26,30). The number of para-hydroxylation sites is 1. The Balaban J connectivity index is 1.24. The molecule has 0 unspecified atom stereocenters. The number of imidazole rings is 1. The highest BCUT2D eigenvalue weighted by atomic mass is 16.2. The van der Waals surface area contributed by atoms with E-state index in [0.29, 0.717) is 19.5 Å². The van der Waals surface area contributed by atoms with E-state index in [1.807, 2.05) is 77.2 Å². The molecule has 8 heteroatoms. The molecule has 0 atom stereocenters. The average Bonchev–Trinajstić information content (AvgIpc) is 3.42. The summed E-state index contributed by atoms with van der Waals surface area (Å²) in [5, 5.41) is 10.1. The zero-order valence-electron chi connectivity index (χ0n) is 16.7. The Labute approximate surface area is 174 Å². The maximum atomic E-state index is 12.1. The molecule has 0 bridgehead atoms. The minimum absolute atomic E-state index is 0.206. The number of carbonyl (C=O) groups excluding carboxylic acids is 1. The number of carbonyl (C=O) groups is 1. The van der Waals surface area contributed by atoms with Crippen LogP contribution in [0, 0.1) is 6.92 Å². The van der Waals surface area contributed by atoms with E-state index in [4.69, 9.17) is 0 Å². The maximum Gasteiger partial charge on any atom is 0.315 e. The SMILES string of the molecule is Cc1nccn1-c1cc(CNC(=O)NCCc2cnn(-c3ccccc3)c2)ccn1. The normalized spacial score (nSPS) is 10.7. The third-order valence-electron chi connectivity index (χ3n) is 4.69. The fraction of sp³-hybridized carbons (Fsp3) is 0.182. The van der Waals surface area contributed by atoms with Gasteiger partial charge in [0.15, 0.2) is 0 Å². The lowest BCUT2D eigenvalue weighted by molar-refractivity contribution is 0.240. The first-order valence-electron chi connectivity index (χ1n) is 9.75. The highest BCUT2D eigenvalue weighted by Gasteiger charge is 2.06. The molecule has 0 fully saturated rings. The van der Waals surface area contributed by atoms with Gasteiger partial charge in [0.2, 0.25) is 0 Å². The summed E-state index contributed by atoms with van der Waals surface area (Å²) in [5.41, 5.74) is 3.04. The lowest BCUT2D eigenvalue weighted by atomic mass is 10.2. The minimum Gasteiger partial charge on any atom is -0.338 e. The Morgan fingerprint density at radius 2 is 1.90 bits per heavy atom. The summed E-state index contributed by atoms with van der Waals surface area (Å²) >= 11 is 0. The van der Waals surface area contributed by atoms with Crippen LogP contribution in [0.15, 0.2) is 73.4 Å². The van der Waals surface area contributed by atoms with Gasteiger partial charge in [-0.1, -0.05) is 18.2 Å². The molecule has 4 aromatic rings. The van der Waals surface area contributed by atoms with Gasteiger partial charge in [-0.05, 0) is 48.7 Å². The maximum absolute atomic E-state index is 12.1. The Morgan fingerprint density at radius 1 is 1.03 bits per heavy atom. The fourth-order valence-corrected chi connectivity index (χ4v) is 3.10. The molecule has 2 N–H and O–H groups in total. The van der Waals surface area contributed by atoms with Gasteiger partial charge in [0.05, 0.1) is 11.9 Å². The van der Waals surface area contributed by atoms with Gasteiger partial charge in [0.25, 0.3) is 0 Å². The first-order valence-corrected chi connectivity index (χ1v) is 9.75. The topological polar surface area (TPSA) is 89.7 Å². The second-order valence-corrected chi connectivity index (χ2v) is 6.85. The van der Waals surface area contributed by atoms with E-state index in [9.17, 15) is 4.79 Å². The Morgan fingerprint density at radius 3 is 2.70 bits per heavy atom. The van der Waals surface area contributed by atoms with Gasteiger partial charge in [-0.2, -0.15) is 5.10 Å². The van der Waals surface area contributed by atoms with Crippen LogP contribution in [-0.4, -0.2) is 36.9 Å². The van der Waals surface area contributed by atoms with Crippen molar-refractivity contribution in [3.05, 3.63) is 90.4 Å². The third-order valence-corrected chi connectivity index (χ3v) is 4.69. The van der Waals surface area contributed by atoms with Crippen LogP contribution in [0.2, 0.25) is 0 Å². The number of nitrogens with one attached hydrogen (secondary N) is 2. The van der Waals surface area contributed by atoms with E-state index in [1.165, 1.54) is 0 Å². The number of aromatic nitrogens is 5. The van der Waals surface area contributed by atoms with E-state index in [2.05, 4.69) is 25.7 Å². The van der Waals surface area contributed by atoms with Gasteiger partial charge in [0, 0.05) is 37.9 Å². The van der Waals surface area contributed by atoms with E-state index in [1.54, 1.807) is 12.4 Å². The molecule has 4 rings (SSSR count). The number of aryl methyl sites for hydroxylation is 1. The van der Waals surface area contributed by atoms with Crippen molar-refractivity contribution < 1.29 is 4.79 Å². The van der Waals surface area contributed by atoms with Crippen LogP contribution >= 0.6 is 0 Å². The summed E-state index contributed by atoms with van der Waals surface area (Å²) in [5.74, 6) is 1.64. The fourth-order valence-electron chi connectivity index (χ4n) is 3.10. The van der Waals surface area contributed by atoms with Crippen molar-refractivity contribution in [2.45, 2.75) is 19.9 Å². The molecule has 30 heavy (non-hydrogen) atoms. The molecule has 2 amide bonds. The second kappa shape index (κ2) is 9.04. The van der Waals surface area contributed by atoms with Crippen molar-refractivity contribution in [2.24, 2.45) is 0 Å². The molecule has 3 heterocycles. The summed E-state index contributed by atoms with van der Waals surface area (Å²) in [6, 6.07) is 13.5. The Kier molecular flexibility index (Phi) is 5.84. The third kappa shape index (κ3) is 4.72. The number of rotatable bonds is 7. The number of urea groups is 1. The Hall–Kier alpha value is -3.94. The number of amides is 2. The molecule has 152 valence electrons. The predicted octanol–water partition coefficient (Wildman–Crippen LogP) is 2.80. The van der Waals surface area contributed by atoms with Gasteiger partial charge < -0.3 is 10.6 Å².